The van der Waals surface area contributed by atoms with Gasteiger partial charge in [-0.3, -0.25) is 0 Å². The Morgan fingerprint density at radius 3 is 0.929 bits per heavy atom. The fourth-order valence-electron chi connectivity index (χ4n) is 6.64. The van der Waals surface area contributed by atoms with Gasteiger partial charge < -0.3 is 11.7 Å². The van der Waals surface area contributed by atoms with E-state index in [-0.39, 0.29) is 0 Å². The molecule has 0 bridgehead atoms. The average molecular weight is 406 g/mol. The predicted octanol–water partition coefficient (Wildman–Crippen LogP) is 5.94. The normalized spacial score (nSPS) is 23.8. The maximum atomic E-state index is 3.09. The van der Waals surface area contributed by atoms with Crippen molar-refractivity contribution in [3.63, 3.8) is 0 Å². The maximum Gasteiger partial charge on any atom is 0.609 e. The van der Waals surface area contributed by atoms with Crippen molar-refractivity contribution in [3.05, 3.63) is 0 Å². The lowest BCUT2D eigenvalue weighted by molar-refractivity contribution is 0.142. The number of nitrogens with zero attached hydrogens (tertiary/aromatic N) is 3. The average Bonchev–Trinajstić information content (AvgIpc) is 2.77. The molecule has 0 atom stereocenters. The Bertz CT molecular complexity index is 352. The van der Waals surface area contributed by atoms with Gasteiger partial charge in [0.1, 0.15) is 0 Å². The highest BCUT2D eigenvalue weighted by atomic mass is 27.2. The van der Waals surface area contributed by atoms with Gasteiger partial charge in [0.05, 0.1) is 0 Å². The molecule has 3 aliphatic carbocycles. The van der Waals surface area contributed by atoms with Crippen LogP contribution in [0.15, 0.2) is 0 Å². The second-order valence-electron chi connectivity index (χ2n) is 9.71. The van der Waals surface area contributed by atoms with E-state index in [2.05, 4.69) is 32.4 Å². The highest BCUT2D eigenvalue weighted by Gasteiger charge is 2.47. The van der Waals surface area contributed by atoms with Gasteiger partial charge in [0.15, 0.2) is 0 Å². The monoisotopic (exact) mass is 405 g/mol. The third kappa shape index (κ3) is 5.76. The zero-order chi connectivity index (χ0) is 19.8. The summed E-state index contributed by atoms with van der Waals surface area (Å²) in [7, 11) is 0. The molecule has 3 nitrogen and oxygen atoms in total. The molecule has 28 heavy (non-hydrogen) atoms. The lowest BCUT2D eigenvalue weighted by atomic mass is 9.95. The molecule has 3 rings (SSSR count). The van der Waals surface area contributed by atoms with Gasteiger partial charge in [-0.15, -0.1) is 0 Å². The summed E-state index contributed by atoms with van der Waals surface area (Å²) in [6.07, 6.45) is 22.0. The highest BCUT2D eigenvalue weighted by Crippen LogP contribution is 2.32. The first-order chi connectivity index (χ1) is 13.8. The first kappa shape index (κ1) is 23.1. The molecular formula is C24H48AlN3. The Morgan fingerprint density at radius 2 is 0.714 bits per heavy atom. The summed E-state index contributed by atoms with van der Waals surface area (Å²) in [5, 5.41) is 0. The number of hydrogen-bond acceptors (Lipinski definition) is 3. The second kappa shape index (κ2) is 12.3. The molecule has 0 heterocycles. The van der Waals surface area contributed by atoms with Gasteiger partial charge in [0.25, 0.3) is 0 Å². The standard InChI is InChI=1S/3C8H16N.Al/c3*1-2-9-8-6-4-3-5-7-8;/h3*8H,2-7H2,1H3;/q3*-1;+3. The van der Waals surface area contributed by atoms with Crippen LogP contribution in [0.3, 0.4) is 0 Å². The van der Waals surface area contributed by atoms with E-state index in [9.17, 15) is 0 Å². The summed E-state index contributed by atoms with van der Waals surface area (Å²) < 4.78 is 9.28. The van der Waals surface area contributed by atoms with Crippen molar-refractivity contribution in [2.24, 2.45) is 0 Å². The zero-order valence-electron chi connectivity index (χ0n) is 19.4. The van der Waals surface area contributed by atoms with Gasteiger partial charge >= 0.3 is 14.8 Å². The molecule has 0 N–H and O–H groups in total. The topological polar surface area (TPSA) is 9.72 Å². The predicted molar refractivity (Wildman–Crippen MR) is 124 cm³/mol. The molecular weight excluding hydrogens is 357 g/mol. The highest BCUT2D eigenvalue weighted by molar-refractivity contribution is 6.50. The van der Waals surface area contributed by atoms with Crippen molar-refractivity contribution in [1.82, 2.24) is 11.7 Å². The molecule has 4 heteroatoms. The molecule has 0 saturated heterocycles. The van der Waals surface area contributed by atoms with Crippen molar-refractivity contribution in [2.75, 3.05) is 19.6 Å². The molecule has 0 aromatic carbocycles. The Kier molecular flexibility index (Phi) is 10.1. The van der Waals surface area contributed by atoms with Gasteiger partial charge in [-0.2, -0.15) is 0 Å². The van der Waals surface area contributed by atoms with Crippen LogP contribution in [0, 0.1) is 0 Å². The van der Waals surface area contributed by atoms with Crippen molar-refractivity contribution in [2.45, 2.75) is 135 Å². The Morgan fingerprint density at radius 1 is 0.464 bits per heavy atom. The van der Waals surface area contributed by atoms with E-state index in [4.69, 9.17) is 0 Å². The largest absolute Gasteiger partial charge is 0.609 e. The van der Waals surface area contributed by atoms with Gasteiger partial charge in [-0.25, -0.2) is 0 Å². The molecule has 3 fully saturated rings. The third-order valence-electron chi connectivity index (χ3n) is 8.12. The molecule has 0 aliphatic heterocycles. The van der Waals surface area contributed by atoms with E-state index in [1.54, 1.807) is 0 Å². The maximum absolute atomic E-state index is 3.09. The van der Waals surface area contributed by atoms with Gasteiger partial charge in [-0.05, 0) is 76.3 Å². The first-order valence-electron chi connectivity index (χ1n) is 13.1. The van der Waals surface area contributed by atoms with Crippen LogP contribution in [-0.2, 0) is 0 Å². The van der Waals surface area contributed by atoms with Crippen molar-refractivity contribution in [3.8, 4) is 0 Å². The molecule has 0 unspecified atom stereocenters. The van der Waals surface area contributed by atoms with E-state index in [0.29, 0.717) is 0 Å². The number of hydrogen-bond donors (Lipinski definition) is 0. The smallest absolute Gasteiger partial charge is 0.354 e. The van der Waals surface area contributed by atoms with E-state index < -0.39 is 14.8 Å². The zero-order valence-corrected chi connectivity index (χ0v) is 20.5. The number of rotatable bonds is 9. The van der Waals surface area contributed by atoms with Crippen molar-refractivity contribution >= 4 is 14.8 Å². The quantitative estimate of drug-likeness (QED) is 0.440. The summed E-state index contributed by atoms with van der Waals surface area (Å²) in [5.74, 6) is 0. The van der Waals surface area contributed by atoms with E-state index in [1.165, 1.54) is 116 Å². The summed E-state index contributed by atoms with van der Waals surface area (Å²) in [5.41, 5.74) is 0. The van der Waals surface area contributed by atoms with Crippen LogP contribution >= 0.6 is 0 Å². The minimum Gasteiger partial charge on any atom is -0.354 e. The Balaban J connectivity index is 1.87. The minimum absolute atomic E-state index is 0.866. The summed E-state index contributed by atoms with van der Waals surface area (Å²) in [6, 6.07) is 2.60. The first-order valence-corrected chi connectivity index (χ1v) is 14.6. The van der Waals surface area contributed by atoms with Crippen LogP contribution in [0.5, 0.6) is 0 Å². The van der Waals surface area contributed by atoms with Crippen molar-refractivity contribution < 1.29 is 0 Å². The van der Waals surface area contributed by atoms with E-state index >= 15 is 0 Å². The van der Waals surface area contributed by atoms with Gasteiger partial charge in [0.2, 0.25) is 0 Å². The fraction of sp³-hybridized carbons (Fsp3) is 1.00. The minimum atomic E-state index is -1.30. The summed E-state index contributed by atoms with van der Waals surface area (Å²) in [6.45, 7) is 11.2. The van der Waals surface area contributed by atoms with Crippen LogP contribution < -0.4 is 0 Å². The fourth-order valence-corrected chi connectivity index (χ4v) is 10.8. The molecule has 3 aliphatic rings. The van der Waals surface area contributed by atoms with Crippen LogP contribution in [0.1, 0.15) is 117 Å². The molecule has 0 spiro atoms. The third-order valence-corrected chi connectivity index (χ3v) is 12.3. The van der Waals surface area contributed by atoms with E-state index in [0.717, 1.165) is 18.1 Å². The summed E-state index contributed by atoms with van der Waals surface area (Å²) >= 11 is -1.30. The Hall–Kier alpha value is 0.412. The van der Waals surface area contributed by atoms with Crippen LogP contribution in [0.25, 0.3) is 0 Å². The molecule has 3 saturated carbocycles. The SMILES string of the molecule is CC[N](C1CCCCC1)[Al]([N](CC)C1CCCCC1)[N](CC)C1CCCCC1. The molecule has 0 radical (unpaired) electrons. The van der Waals surface area contributed by atoms with Crippen molar-refractivity contribution in [1.29, 1.82) is 0 Å². The van der Waals surface area contributed by atoms with Crippen LogP contribution in [0.2, 0.25) is 0 Å². The summed E-state index contributed by atoms with van der Waals surface area (Å²) in [4.78, 5) is 0. The van der Waals surface area contributed by atoms with Gasteiger partial charge in [0, 0.05) is 0 Å². The van der Waals surface area contributed by atoms with E-state index in [1.807, 2.05) is 0 Å². The molecule has 162 valence electrons. The van der Waals surface area contributed by atoms with Gasteiger partial charge in [-0.1, -0.05) is 78.6 Å². The Labute approximate surface area is 181 Å². The van der Waals surface area contributed by atoms with Crippen LogP contribution in [0.4, 0.5) is 0 Å². The molecule has 0 aromatic heterocycles. The molecule has 0 amide bonds. The lowest BCUT2D eigenvalue weighted by Crippen LogP contribution is -2.69. The molecule has 0 aromatic rings. The second-order valence-corrected chi connectivity index (χ2v) is 12.4. The lowest BCUT2D eigenvalue weighted by Gasteiger charge is -2.50. The van der Waals surface area contributed by atoms with Crippen LogP contribution in [-0.4, -0.2) is 64.2 Å².